The van der Waals surface area contributed by atoms with Gasteiger partial charge in [-0.15, -0.1) is 4.31 Å². The van der Waals surface area contributed by atoms with Gasteiger partial charge in [-0.25, -0.2) is 9.78 Å². The highest BCUT2D eigenvalue weighted by atomic mass is 35.5. The SMILES string of the molecule is COCCOC1CN(S(=O)(=O)N(Cc2ccccc2)C(=O)O)[C@@](COC)(Oc2ncc(C(F)(F)F)cc2Cl)C1. The summed E-state index contributed by atoms with van der Waals surface area (Å²) in [6.07, 6.45) is -7.03. The van der Waals surface area contributed by atoms with E-state index < -0.39 is 63.9 Å². The molecule has 0 radical (unpaired) electrons. The lowest BCUT2D eigenvalue weighted by molar-refractivity contribution is -0.137. The van der Waals surface area contributed by atoms with E-state index in [4.69, 9.17) is 30.5 Å². The van der Waals surface area contributed by atoms with E-state index in [1.165, 1.54) is 14.2 Å². The standard InChI is InChI=1S/C23H27ClF3N3O8S/c1-35-8-9-37-18-11-22(15-36-2,38-20-19(24)10-17(12-28-20)23(25,26)27)30(14-18)39(33,34)29(21(31)32)13-16-6-4-3-5-7-16/h3-7,10,12,18H,8-9,11,13-15H2,1-2H3,(H,31,32)/t18?,22-/m1/s1. The van der Waals surface area contributed by atoms with E-state index in [1.807, 2.05) is 0 Å². The van der Waals surface area contributed by atoms with Crippen LogP contribution in [-0.4, -0.2) is 85.6 Å². The van der Waals surface area contributed by atoms with Crippen molar-refractivity contribution in [1.82, 2.24) is 13.6 Å². The van der Waals surface area contributed by atoms with E-state index in [-0.39, 0.29) is 30.5 Å². The molecule has 1 N–H and O–H groups in total. The minimum Gasteiger partial charge on any atom is -0.464 e. The Kier molecular flexibility index (Phi) is 10.0. The summed E-state index contributed by atoms with van der Waals surface area (Å²) in [4.78, 5) is 15.8. The molecular weight excluding hydrogens is 571 g/mol. The molecule has 1 fully saturated rings. The number of aromatic nitrogens is 1. The largest absolute Gasteiger partial charge is 0.464 e. The number of amides is 1. The molecule has 1 aliphatic heterocycles. The fourth-order valence-corrected chi connectivity index (χ4v) is 5.91. The molecular formula is C23H27ClF3N3O8S. The third-order valence-corrected chi connectivity index (χ3v) is 7.89. The lowest BCUT2D eigenvalue weighted by Gasteiger charge is -2.38. The second-order valence-electron chi connectivity index (χ2n) is 8.49. The fourth-order valence-electron chi connectivity index (χ4n) is 4.02. The Labute approximate surface area is 228 Å². The first kappa shape index (κ1) is 30.8. The van der Waals surface area contributed by atoms with Crippen LogP contribution in [0.1, 0.15) is 17.5 Å². The minimum atomic E-state index is -4.86. The summed E-state index contributed by atoms with van der Waals surface area (Å²) in [6, 6.07) is 8.61. The topological polar surface area (TPSA) is 128 Å². The Hall–Kier alpha value is -2.69. The molecule has 1 saturated heterocycles. The van der Waals surface area contributed by atoms with E-state index in [0.717, 1.165) is 4.31 Å². The van der Waals surface area contributed by atoms with E-state index in [2.05, 4.69) is 4.98 Å². The Morgan fingerprint density at radius 1 is 1.23 bits per heavy atom. The number of carboxylic acid groups (broad SMARTS) is 1. The second kappa shape index (κ2) is 12.7. The first-order valence-corrected chi connectivity index (χ1v) is 13.2. The first-order valence-electron chi connectivity index (χ1n) is 11.4. The van der Waals surface area contributed by atoms with Crippen LogP contribution in [0.4, 0.5) is 18.0 Å². The Morgan fingerprint density at radius 2 is 1.92 bits per heavy atom. The summed E-state index contributed by atoms with van der Waals surface area (Å²) in [5.41, 5.74) is -2.73. The van der Waals surface area contributed by atoms with Crippen molar-refractivity contribution in [2.45, 2.75) is 31.0 Å². The lowest BCUT2D eigenvalue weighted by Crippen LogP contribution is -2.58. The molecule has 2 aromatic rings. The predicted molar refractivity (Wildman–Crippen MR) is 131 cm³/mol. The van der Waals surface area contributed by atoms with Crippen molar-refractivity contribution in [1.29, 1.82) is 0 Å². The number of methoxy groups -OCH3 is 2. The average molecular weight is 598 g/mol. The number of nitrogens with zero attached hydrogens (tertiary/aromatic N) is 3. The van der Waals surface area contributed by atoms with Crippen LogP contribution in [-0.2, 0) is 37.1 Å². The van der Waals surface area contributed by atoms with Crippen LogP contribution < -0.4 is 4.74 Å². The Morgan fingerprint density at radius 3 is 2.49 bits per heavy atom. The molecule has 1 aliphatic rings. The summed E-state index contributed by atoms with van der Waals surface area (Å²) in [5, 5.41) is 9.33. The molecule has 1 unspecified atom stereocenters. The van der Waals surface area contributed by atoms with Crippen molar-refractivity contribution >= 4 is 27.9 Å². The lowest BCUT2D eigenvalue weighted by atomic mass is 10.1. The van der Waals surface area contributed by atoms with Crippen LogP contribution in [0.25, 0.3) is 0 Å². The smallest absolute Gasteiger partial charge is 0.422 e. The third kappa shape index (κ3) is 7.29. The van der Waals surface area contributed by atoms with Gasteiger partial charge in [-0.2, -0.15) is 25.9 Å². The molecule has 3 rings (SSSR count). The average Bonchev–Trinajstić information content (AvgIpc) is 3.22. The van der Waals surface area contributed by atoms with E-state index in [0.29, 0.717) is 17.8 Å². The molecule has 16 heteroatoms. The Bertz CT molecular complexity index is 1240. The fraction of sp³-hybridized carbons (Fsp3) is 0.478. The maximum atomic E-state index is 13.9. The maximum Gasteiger partial charge on any atom is 0.422 e. The molecule has 216 valence electrons. The normalized spacial score (nSPS) is 20.2. The van der Waals surface area contributed by atoms with Crippen LogP contribution in [0.15, 0.2) is 42.6 Å². The van der Waals surface area contributed by atoms with Gasteiger partial charge in [-0.3, -0.25) is 0 Å². The summed E-state index contributed by atoms with van der Waals surface area (Å²) >= 11 is 6.05. The van der Waals surface area contributed by atoms with Crippen molar-refractivity contribution in [3.05, 3.63) is 58.7 Å². The predicted octanol–water partition coefficient (Wildman–Crippen LogP) is 3.64. The number of ether oxygens (including phenoxy) is 4. The zero-order valence-electron chi connectivity index (χ0n) is 20.9. The van der Waals surface area contributed by atoms with Crippen molar-refractivity contribution in [2.75, 3.05) is 40.6 Å². The summed E-state index contributed by atoms with van der Waals surface area (Å²) < 4.78 is 89.9. The number of rotatable bonds is 12. The van der Waals surface area contributed by atoms with Crippen LogP contribution in [0.5, 0.6) is 5.88 Å². The van der Waals surface area contributed by atoms with Gasteiger partial charge in [0, 0.05) is 33.4 Å². The van der Waals surface area contributed by atoms with Crippen molar-refractivity contribution in [3.63, 3.8) is 0 Å². The van der Waals surface area contributed by atoms with E-state index in [1.54, 1.807) is 30.3 Å². The zero-order valence-corrected chi connectivity index (χ0v) is 22.5. The maximum absolute atomic E-state index is 13.9. The van der Waals surface area contributed by atoms with Gasteiger partial charge >= 0.3 is 22.5 Å². The molecule has 0 spiro atoms. The molecule has 2 heterocycles. The molecule has 11 nitrogen and oxygen atoms in total. The van der Waals surface area contributed by atoms with Gasteiger partial charge in [0.2, 0.25) is 11.6 Å². The van der Waals surface area contributed by atoms with Gasteiger partial charge in [-0.1, -0.05) is 41.9 Å². The van der Waals surface area contributed by atoms with Gasteiger partial charge in [0.15, 0.2) is 0 Å². The molecule has 1 aromatic heterocycles. The molecule has 2 atom stereocenters. The van der Waals surface area contributed by atoms with Crippen molar-refractivity contribution in [3.8, 4) is 5.88 Å². The number of halogens is 4. The third-order valence-electron chi connectivity index (χ3n) is 5.74. The molecule has 1 amide bonds. The molecule has 0 bridgehead atoms. The second-order valence-corrected chi connectivity index (χ2v) is 10.7. The summed E-state index contributed by atoms with van der Waals surface area (Å²) in [6.45, 7) is -1.10. The van der Waals surface area contributed by atoms with Gasteiger partial charge < -0.3 is 24.1 Å². The van der Waals surface area contributed by atoms with Crippen LogP contribution in [0, 0.1) is 0 Å². The minimum absolute atomic E-state index is 0.0735. The molecule has 0 saturated carbocycles. The zero-order chi connectivity index (χ0) is 28.8. The number of hydrogen-bond acceptors (Lipinski definition) is 8. The van der Waals surface area contributed by atoms with E-state index in [9.17, 15) is 31.5 Å². The number of benzene rings is 1. The molecule has 1 aromatic carbocycles. The van der Waals surface area contributed by atoms with Gasteiger partial charge in [0.05, 0.1) is 31.4 Å². The highest BCUT2D eigenvalue weighted by Crippen LogP contribution is 2.40. The highest BCUT2D eigenvalue weighted by molar-refractivity contribution is 7.87. The molecule has 0 aliphatic carbocycles. The Balaban J connectivity index is 2.05. The van der Waals surface area contributed by atoms with Gasteiger partial charge in [-0.05, 0) is 11.6 Å². The number of pyridine rings is 1. The molecule has 39 heavy (non-hydrogen) atoms. The summed E-state index contributed by atoms with van der Waals surface area (Å²) in [5.74, 6) is -0.510. The van der Waals surface area contributed by atoms with Crippen LogP contribution in [0.3, 0.4) is 0 Å². The monoisotopic (exact) mass is 597 g/mol. The van der Waals surface area contributed by atoms with Gasteiger partial charge in [0.25, 0.3) is 0 Å². The first-order chi connectivity index (χ1) is 18.3. The number of carbonyl (C=O) groups is 1. The van der Waals surface area contributed by atoms with Crippen LogP contribution in [0.2, 0.25) is 5.02 Å². The van der Waals surface area contributed by atoms with E-state index >= 15 is 0 Å². The number of hydrogen-bond donors (Lipinski definition) is 1. The van der Waals surface area contributed by atoms with Gasteiger partial charge in [0.1, 0.15) is 11.6 Å². The number of alkyl halides is 3. The summed E-state index contributed by atoms with van der Waals surface area (Å²) in [7, 11) is -2.17. The van der Waals surface area contributed by atoms with Crippen molar-refractivity contribution in [2.24, 2.45) is 0 Å². The van der Waals surface area contributed by atoms with Crippen molar-refractivity contribution < 1.29 is 50.4 Å². The highest BCUT2D eigenvalue weighted by Gasteiger charge is 2.57. The quantitative estimate of drug-likeness (QED) is 0.365. The van der Waals surface area contributed by atoms with Crippen LogP contribution >= 0.6 is 11.6 Å².